The summed E-state index contributed by atoms with van der Waals surface area (Å²) in [4.78, 5) is 47.8. The molecule has 5 aromatic rings. The van der Waals surface area contributed by atoms with Crippen molar-refractivity contribution in [3.63, 3.8) is 0 Å². The Morgan fingerprint density at radius 2 is 1.82 bits per heavy atom. The van der Waals surface area contributed by atoms with Gasteiger partial charge in [-0.15, -0.1) is 11.3 Å². The van der Waals surface area contributed by atoms with Crippen LogP contribution < -0.4 is 14.8 Å². The van der Waals surface area contributed by atoms with Crippen LogP contribution in [-0.2, 0) is 6.42 Å². The van der Waals surface area contributed by atoms with E-state index in [1.807, 2.05) is 44.2 Å². The molecule has 0 fully saturated rings. The van der Waals surface area contributed by atoms with Gasteiger partial charge in [0.05, 0.1) is 20.0 Å². The van der Waals surface area contributed by atoms with Gasteiger partial charge >= 0.3 is 0 Å². The van der Waals surface area contributed by atoms with E-state index in [4.69, 9.17) is 0 Å². The molecule has 9 nitrogen and oxygen atoms in total. The van der Waals surface area contributed by atoms with E-state index in [9.17, 15) is 25.0 Å². The number of carbonyl (C=O) groups is 1. The number of aryl methyl sites for hydroxylation is 3. The molecule has 11 heteroatoms. The van der Waals surface area contributed by atoms with Gasteiger partial charge in [0.25, 0.3) is 11.2 Å². The van der Waals surface area contributed by atoms with Gasteiger partial charge in [-0.3, -0.25) is 24.3 Å². The Morgan fingerprint density at radius 3 is 2.49 bits per heavy atom. The van der Waals surface area contributed by atoms with Crippen molar-refractivity contribution in [3.8, 4) is 11.8 Å². The molecule has 224 valence electrons. The minimum atomic E-state index is -0.497. The van der Waals surface area contributed by atoms with Crippen LogP contribution >= 0.6 is 23.1 Å². The first-order valence-corrected chi connectivity index (χ1v) is 15.7. The third kappa shape index (κ3) is 6.82. The summed E-state index contributed by atoms with van der Waals surface area (Å²) >= 11 is 2.06. The topological polar surface area (TPSA) is 132 Å². The normalized spacial score (nSPS) is 12.1. The monoisotopic (exact) mass is 633 g/mol. The molecule has 5 rings (SSSR count). The van der Waals surface area contributed by atoms with Gasteiger partial charge in [0.2, 0.25) is 5.78 Å². The zero-order valence-corrected chi connectivity index (χ0v) is 26.3. The Labute approximate surface area is 267 Å². The first-order chi connectivity index (χ1) is 21.7. The molecular weight excluding hydrogens is 607 g/mol. The quantitative estimate of drug-likeness (QED) is 0.0874. The van der Waals surface area contributed by atoms with Crippen molar-refractivity contribution in [1.29, 1.82) is 5.26 Å². The summed E-state index contributed by atoms with van der Waals surface area (Å²) in [7, 11) is 0. The first-order valence-electron chi connectivity index (χ1n) is 14.0. The summed E-state index contributed by atoms with van der Waals surface area (Å²) in [6.45, 7) is 5.82. The van der Waals surface area contributed by atoms with Gasteiger partial charge in [-0.05, 0) is 78.6 Å². The van der Waals surface area contributed by atoms with E-state index in [-0.39, 0.29) is 20.5 Å². The van der Waals surface area contributed by atoms with Crippen molar-refractivity contribution in [1.82, 2.24) is 14.5 Å². The molecular formula is C34H27N5O4S2. The molecule has 0 spiro atoms. The van der Waals surface area contributed by atoms with Gasteiger partial charge in [0.1, 0.15) is 16.3 Å². The summed E-state index contributed by atoms with van der Waals surface area (Å²) in [5.41, 5.74) is 3.29. The van der Waals surface area contributed by atoms with E-state index in [1.165, 1.54) is 16.7 Å². The molecule has 2 aromatic heterocycles. The fourth-order valence-corrected chi connectivity index (χ4v) is 6.61. The number of nitro benzene ring substituents is 1. The minimum Gasteiger partial charge on any atom is -0.288 e. The number of Topliss-reactive ketones (excluding diaryl/α,β-unsaturated/α-hetero) is 1. The second kappa shape index (κ2) is 13.6. The van der Waals surface area contributed by atoms with E-state index in [1.54, 1.807) is 42.7 Å². The van der Waals surface area contributed by atoms with Gasteiger partial charge < -0.3 is 0 Å². The van der Waals surface area contributed by atoms with Crippen LogP contribution in [0.15, 0.2) is 94.0 Å². The molecule has 0 atom stereocenters. The summed E-state index contributed by atoms with van der Waals surface area (Å²) in [6, 6.07) is 21.1. The zero-order valence-electron chi connectivity index (χ0n) is 24.7. The third-order valence-electron chi connectivity index (χ3n) is 6.96. The molecule has 0 saturated heterocycles. The standard InChI is InChI=1S/C34H27N5O4S2/c1-4-6-23-9-12-25(13-10-23)31(40)26(20-35)33-38(27-17-21(2)7-8-22(27)3)32(41)30(44-33)19-24-11-14-29(28(18-24)39(42)43)45-34-36-15-5-16-37-34/h5,7-19H,4,6H2,1-3H3. The predicted molar refractivity (Wildman–Crippen MR) is 175 cm³/mol. The van der Waals surface area contributed by atoms with E-state index in [0.717, 1.165) is 52.6 Å². The second-order valence-electron chi connectivity index (χ2n) is 10.2. The highest BCUT2D eigenvalue weighted by atomic mass is 32.2. The van der Waals surface area contributed by atoms with E-state index >= 15 is 0 Å². The van der Waals surface area contributed by atoms with Gasteiger partial charge in [0, 0.05) is 24.0 Å². The molecule has 0 aliphatic carbocycles. The lowest BCUT2D eigenvalue weighted by Crippen LogP contribution is -2.32. The Kier molecular flexibility index (Phi) is 9.47. The Bertz CT molecular complexity index is 2150. The van der Waals surface area contributed by atoms with Crippen LogP contribution in [0, 0.1) is 35.3 Å². The van der Waals surface area contributed by atoms with Crippen LogP contribution in [0.4, 0.5) is 5.69 Å². The molecule has 0 radical (unpaired) electrons. The number of benzene rings is 3. The van der Waals surface area contributed by atoms with Crippen molar-refractivity contribution in [2.75, 3.05) is 0 Å². The third-order valence-corrected chi connectivity index (χ3v) is 9.01. The van der Waals surface area contributed by atoms with Crippen molar-refractivity contribution in [3.05, 3.63) is 137 Å². The average molecular weight is 634 g/mol. The molecule has 0 unspecified atom stereocenters. The van der Waals surface area contributed by atoms with Crippen LogP contribution in [0.3, 0.4) is 0 Å². The summed E-state index contributed by atoms with van der Waals surface area (Å²) in [6.07, 6.45) is 6.48. The molecule has 0 aliphatic rings. The number of aromatic nitrogens is 3. The van der Waals surface area contributed by atoms with E-state index in [0.29, 0.717) is 26.9 Å². The highest BCUT2D eigenvalue weighted by molar-refractivity contribution is 7.99. The van der Waals surface area contributed by atoms with Crippen LogP contribution in [0.5, 0.6) is 0 Å². The van der Waals surface area contributed by atoms with Crippen molar-refractivity contribution < 1.29 is 9.72 Å². The number of carbonyl (C=O) groups excluding carboxylic acids is 1. The number of hydrogen-bond acceptors (Lipinski definition) is 9. The Hall–Kier alpha value is -5.18. The predicted octanol–water partition coefficient (Wildman–Crippen LogP) is 5.70. The Balaban J connectivity index is 1.71. The molecule has 0 saturated carbocycles. The molecule has 0 bridgehead atoms. The summed E-state index contributed by atoms with van der Waals surface area (Å²) < 4.78 is 1.80. The molecule has 3 aromatic carbocycles. The first kappa shape index (κ1) is 31.3. The highest BCUT2D eigenvalue weighted by Crippen LogP contribution is 2.33. The average Bonchev–Trinajstić information content (AvgIpc) is 3.34. The fourth-order valence-electron chi connectivity index (χ4n) is 4.72. The number of thiazole rings is 1. The molecule has 0 aliphatic heterocycles. The lowest BCUT2D eigenvalue weighted by molar-refractivity contribution is -0.387. The van der Waals surface area contributed by atoms with Crippen molar-refractivity contribution >= 4 is 46.2 Å². The maximum absolute atomic E-state index is 14.0. The number of hydrogen-bond donors (Lipinski definition) is 0. The van der Waals surface area contributed by atoms with Gasteiger partial charge in [0.15, 0.2) is 5.16 Å². The number of rotatable bonds is 9. The number of nitriles is 1. The van der Waals surface area contributed by atoms with E-state index in [2.05, 4.69) is 23.0 Å². The SMILES string of the molecule is CCCc1ccc(C(=O)C(C#N)=c2sc(=Cc3ccc(Sc4ncccn4)c([N+](=O)[O-])c3)c(=O)n2-c2cc(C)ccc2C)cc1. The minimum absolute atomic E-state index is 0.165. The Morgan fingerprint density at radius 1 is 1.09 bits per heavy atom. The van der Waals surface area contributed by atoms with Crippen LogP contribution in [-0.4, -0.2) is 25.2 Å². The number of nitro groups is 1. The second-order valence-corrected chi connectivity index (χ2v) is 12.3. The number of ketones is 1. The van der Waals surface area contributed by atoms with Gasteiger partial charge in [-0.1, -0.05) is 55.8 Å². The lowest BCUT2D eigenvalue weighted by atomic mass is 10.0. The lowest BCUT2D eigenvalue weighted by Gasteiger charge is -2.09. The highest BCUT2D eigenvalue weighted by Gasteiger charge is 2.21. The van der Waals surface area contributed by atoms with Gasteiger partial charge in [-0.25, -0.2) is 9.97 Å². The van der Waals surface area contributed by atoms with Gasteiger partial charge in [-0.2, -0.15) is 5.26 Å². The van der Waals surface area contributed by atoms with Crippen molar-refractivity contribution in [2.45, 2.75) is 43.7 Å². The van der Waals surface area contributed by atoms with Crippen LogP contribution in [0.25, 0.3) is 17.3 Å². The largest absolute Gasteiger partial charge is 0.288 e. The maximum atomic E-state index is 14.0. The summed E-state index contributed by atoms with van der Waals surface area (Å²) in [5, 5.41) is 22.6. The maximum Gasteiger partial charge on any atom is 0.283 e. The molecule has 45 heavy (non-hydrogen) atoms. The number of nitrogens with zero attached hydrogens (tertiary/aromatic N) is 5. The van der Waals surface area contributed by atoms with E-state index < -0.39 is 16.3 Å². The van der Waals surface area contributed by atoms with Crippen LogP contribution in [0.1, 0.15) is 46.0 Å². The fraction of sp³-hybridized carbons (Fsp3) is 0.147. The molecule has 0 N–H and O–H groups in total. The zero-order chi connectivity index (χ0) is 32.1. The van der Waals surface area contributed by atoms with Crippen LogP contribution in [0.2, 0.25) is 0 Å². The summed E-state index contributed by atoms with van der Waals surface area (Å²) in [5.74, 6) is -0.493. The molecule has 0 amide bonds. The smallest absolute Gasteiger partial charge is 0.283 e. The molecule has 2 heterocycles. The van der Waals surface area contributed by atoms with Crippen molar-refractivity contribution in [2.24, 2.45) is 0 Å².